The fourth-order valence-electron chi connectivity index (χ4n) is 3.40. The molecule has 0 spiro atoms. The number of halogens is 3. The molecule has 5 nitrogen and oxygen atoms in total. The zero-order valence-electron chi connectivity index (χ0n) is 17.1. The number of nitrogens with zero attached hydrogens (tertiary/aromatic N) is 1. The Balaban J connectivity index is 2.37. The van der Waals surface area contributed by atoms with Crippen LogP contribution in [0.5, 0.6) is 11.5 Å². The van der Waals surface area contributed by atoms with Gasteiger partial charge in [-0.05, 0) is 52.7 Å². The fraction of sp³-hybridized carbons (Fsp3) is 0.650. The Bertz CT molecular complexity index is 713. The van der Waals surface area contributed by atoms with Crippen molar-refractivity contribution in [1.29, 1.82) is 0 Å². The van der Waals surface area contributed by atoms with Crippen LogP contribution in [0.1, 0.15) is 57.6 Å². The van der Waals surface area contributed by atoms with E-state index in [4.69, 9.17) is 14.2 Å². The minimum absolute atomic E-state index is 0.0200. The van der Waals surface area contributed by atoms with Gasteiger partial charge in [0.05, 0.1) is 14.2 Å². The first kappa shape index (κ1) is 22.2. The normalized spacial score (nSPS) is 20.7. The third kappa shape index (κ3) is 5.02. The highest BCUT2D eigenvalue weighted by Gasteiger charge is 2.38. The van der Waals surface area contributed by atoms with Crippen LogP contribution in [0.2, 0.25) is 0 Å². The summed E-state index contributed by atoms with van der Waals surface area (Å²) in [4.78, 5) is 14.2. The van der Waals surface area contributed by atoms with Crippen LogP contribution in [0.15, 0.2) is 12.1 Å². The van der Waals surface area contributed by atoms with E-state index in [0.717, 1.165) is 6.07 Å². The highest BCUT2D eigenvalue weighted by Crippen LogP contribution is 2.44. The smallest absolute Gasteiger partial charge is 0.420 e. The molecule has 0 radical (unpaired) electrons. The summed E-state index contributed by atoms with van der Waals surface area (Å²) in [7, 11) is 2.54. The fourth-order valence-corrected chi connectivity index (χ4v) is 3.40. The van der Waals surface area contributed by atoms with Crippen molar-refractivity contribution >= 4 is 6.09 Å². The molecule has 1 amide bonds. The molecule has 0 aliphatic carbocycles. The van der Waals surface area contributed by atoms with Crippen LogP contribution >= 0.6 is 0 Å². The van der Waals surface area contributed by atoms with Gasteiger partial charge < -0.3 is 19.1 Å². The SMILES string of the molecule is COc1cc(C(F)(F)F)c(OC)cc1C1CCC(C)N(C(=O)OC(C)(C)C)C1. The van der Waals surface area contributed by atoms with E-state index >= 15 is 0 Å². The van der Waals surface area contributed by atoms with Gasteiger partial charge in [-0.3, -0.25) is 0 Å². The van der Waals surface area contributed by atoms with Crippen molar-refractivity contribution in [3.05, 3.63) is 23.3 Å². The van der Waals surface area contributed by atoms with Gasteiger partial charge in [0.2, 0.25) is 0 Å². The Morgan fingerprint density at radius 3 is 2.18 bits per heavy atom. The van der Waals surface area contributed by atoms with Gasteiger partial charge in [-0.25, -0.2) is 4.79 Å². The molecule has 0 bridgehead atoms. The summed E-state index contributed by atoms with van der Waals surface area (Å²) in [5, 5.41) is 0. The molecule has 0 saturated carbocycles. The minimum Gasteiger partial charge on any atom is -0.496 e. The van der Waals surface area contributed by atoms with Crippen molar-refractivity contribution in [3.63, 3.8) is 0 Å². The number of rotatable bonds is 3. The molecule has 158 valence electrons. The average molecular weight is 403 g/mol. The Morgan fingerprint density at radius 1 is 1.07 bits per heavy atom. The average Bonchev–Trinajstić information content (AvgIpc) is 2.58. The highest BCUT2D eigenvalue weighted by atomic mass is 19.4. The monoisotopic (exact) mass is 403 g/mol. The number of hydrogen-bond donors (Lipinski definition) is 0. The number of carbonyl (C=O) groups excluding carboxylic acids is 1. The molecule has 0 aromatic heterocycles. The number of hydrogen-bond acceptors (Lipinski definition) is 4. The predicted octanol–water partition coefficient (Wildman–Crippen LogP) is 5.23. The van der Waals surface area contributed by atoms with Gasteiger partial charge in [0.25, 0.3) is 0 Å². The first-order chi connectivity index (χ1) is 12.9. The first-order valence-electron chi connectivity index (χ1n) is 9.20. The Hall–Kier alpha value is -2.12. The predicted molar refractivity (Wildman–Crippen MR) is 98.9 cm³/mol. The number of methoxy groups -OCH3 is 2. The van der Waals surface area contributed by atoms with E-state index in [-0.39, 0.29) is 23.5 Å². The van der Waals surface area contributed by atoms with Crippen molar-refractivity contribution < 1.29 is 32.2 Å². The number of piperidine rings is 1. The zero-order valence-corrected chi connectivity index (χ0v) is 17.1. The number of ether oxygens (including phenoxy) is 3. The molecule has 28 heavy (non-hydrogen) atoms. The Kier molecular flexibility index (Phi) is 6.41. The van der Waals surface area contributed by atoms with Crippen LogP contribution in [-0.2, 0) is 10.9 Å². The molecule has 1 saturated heterocycles. The largest absolute Gasteiger partial charge is 0.496 e. The lowest BCUT2D eigenvalue weighted by Crippen LogP contribution is -2.47. The number of alkyl halides is 3. The summed E-state index contributed by atoms with van der Waals surface area (Å²) < 4.78 is 55.6. The maximum absolute atomic E-state index is 13.3. The number of benzene rings is 1. The number of carbonyl (C=O) groups is 1. The lowest BCUT2D eigenvalue weighted by molar-refractivity contribution is -0.138. The van der Waals surface area contributed by atoms with Gasteiger partial charge in [0, 0.05) is 24.1 Å². The second-order valence-corrected chi connectivity index (χ2v) is 8.05. The summed E-state index contributed by atoms with van der Waals surface area (Å²) in [5.74, 6) is -0.308. The molecule has 2 unspecified atom stereocenters. The lowest BCUT2D eigenvalue weighted by Gasteiger charge is -2.39. The van der Waals surface area contributed by atoms with Crippen LogP contribution in [0.3, 0.4) is 0 Å². The molecule has 2 atom stereocenters. The van der Waals surface area contributed by atoms with Gasteiger partial charge >= 0.3 is 12.3 Å². The maximum Gasteiger partial charge on any atom is 0.420 e. The number of likely N-dealkylation sites (tertiary alicyclic amines) is 1. The molecule has 1 aliphatic rings. The summed E-state index contributed by atoms with van der Waals surface area (Å²) in [6, 6.07) is 2.31. The van der Waals surface area contributed by atoms with Crippen LogP contribution in [0.25, 0.3) is 0 Å². The van der Waals surface area contributed by atoms with Gasteiger partial charge in [-0.15, -0.1) is 0 Å². The first-order valence-corrected chi connectivity index (χ1v) is 9.20. The second-order valence-electron chi connectivity index (χ2n) is 8.05. The quantitative estimate of drug-likeness (QED) is 0.694. The Morgan fingerprint density at radius 2 is 1.68 bits per heavy atom. The van der Waals surface area contributed by atoms with Crippen LogP contribution in [0.4, 0.5) is 18.0 Å². The van der Waals surface area contributed by atoms with E-state index in [9.17, 15) is 18.0 Å². The molecule has 0 N–H and O–H groups in total. The zero-order chi connectivity index (χ0) is 21.3. The van der Waals surface area contributed by atoms with Crippen molar-refractivity contribution in [3.8, 4) is 11.5 Å². The molecule has 2 rings (SSSR count). The van der Waals surface area contributed by atoms with Gasteiger partial charge in [0.1, 0.15) is 22.7 Å². The third-order valence-electron chi connectivity index (χ3n) is 4.81. The molecule has 1 aromatic rings. The van der Waals surface area contributed by atoms with Gasteiger partial charge in [0.15, 0.2) is 0 Å². The van der Waals surface area contributed by atoms with Crippen LogP contribution in [-0.4, -0.2) is 43.4 Å². The minimum atomic E-state index is -4.55. The Labute approximate surface area is 163 Å². The summed E-state index contributed by atoms with van der Waals surface area (Å²) in [6.45, 7) is 7.65. The summed E-state index contributed by atoms with van der Waals surface area (Å²) in [5.41, 5.74) is -0.921. The number of amides is 1. The topological polar surface area (TPSA) is 48.0 Å². The summed E-state index contributed by atoms with van der Waals surface area (Å²) >= 11 is 0. The van der Waals surface area contributed by atoms with Crippen molar-refractivity contribution in [2.24, 2.45) is 0 Å². The molecule has 1 heterocycles. The van der Waals surface area contributed by atoms with E-state index in [1.807, 2.05) is 6.92 Å². The standard InChI is InChI=1S/C20H28F3NO4/c1-12-7-8-13(11-24(12)18(25)28-19(2,3)4)14-9-17(27-6)15(20(21,22)23)10-16(14)26-5/h9-10,12-13H,7-8,11H2,1-6H3. The van der Waals surface area contributed by atoms with E-state index in [1.165, 1.54) is 20.3 Å². The van der Waals surface area contributed by atoms with Crippen LogP contribution < -0.4 is 9.47 Å². The van der Waals surface area contributed by atoms with E-state index < -0.39 is 23.4 Å². The molecule has 1 aromatic carbocycles. The van der Waals surface area contributed by atoms with Gasteiger partial charge in [-0.1, -0.05) is 0 Å². The molecular weight excluding hydrogens is 375 g/mol. The van der Waals surface area contributed by atoms with E-state index in [2.05, 4.69) is 0 Å². The second kappa shape index (κ2) is 8.09. The van der Waals surface area contributed by atoms with Gasteiger partial charge in [-0.2, -0.15) is 13.2 Å². The third-order valence-corrected chi connectivity index (χ3v) is 4.81. The van der Waals surface area contributed by atoms with Crippen molar-refractivity contribution in [2.45, 2.75) is 64.3 Å². The van der Waals surface area contributed by atoms with E-state index in [1.54, 1.807) is 25.7 Å². The van der Waals surface area contributed by atoms with E-state index in [0.29, 0.717) is 24.9 Å². The van der Waals surface area contributed by atoms with Crippen molar-refractivity contribution in [1.82, 2.24) is 4.90 Å². The molecule has 8 heteroatoms. The van der Waals surface area contributed by atoms with Crippen LogP contribution in [0, 0.1) is 0 Å². The lowest BCUT2D eigenvalue weighted by atomic mass is 9.86. The molecule has 1 fully saturated rings. The molecular formula is C20H28F3NO4. The summed E-state index contributed by atoms with van der Waals surface area (Å²) in [6.07, 6.45) is -3.56. The maximum atomic E-state index is 13.3. The molecule has 1 aliphatic heterocycles. The highest BCUT2D eigenvalue weighted by molar-refractivity contribution is 5.69. The van der Waals surface area contributed by atoms with Crippen molar-refractivity contribution in [2.75, 3.05) is 20.8 Å².